The summed E-state index contributed by atoms with van der Waals surface area (Å²) >= 11 is 0. The van der Waals surface area contributed by atoms with Gasteiger partial charge >= 0.3 is 12.1 Å². The Bertz CT molecular complexity index is 1090. The van der Waals surface area contributed by atoms with Crippen molar-refractivity contribution in [2.24, 2.45) is 0 Å². The van der Waals surface area contributed by atoms with Crippen molar-refractivity contribution in [2.45, 2.75) is 31.8 Å². The van der Waals surface area contributed by atoms with Crippen LogP contribution in [0.2, 0.25) is 0 Å². The SMILES string of the molecule is CC(NC(=O)OCC1c2ccccc2-c2ccccc21)C(=O)N1CCN(C(C)C(=O)O)C(=O)C1. The Labute approximate surface area is 197 Å². The van der Waals surface area contributed by atoms with E-state index in [2.05, 4.69) is 5.32 Å². The second-order valence-electron chi connectivity index (χ2n) is 8.55. The van der Waals surface area contributed by atoms with Crippen LogP contribution in [-0.2, 0) is 19.1 Å². The van der Waals surface area contributed by atoms with Gasteiger partial charge in [-0.3, -0.25) is 9.59 Å². The number of ether oxygens (including phenoxy) is 1. The number of alkyl carbamates (subject to hydrolysis) is 1. The predicted octanol–water partition coefficient (Wildman–Crippen LogP) is 2.06. The van der Waals surface area contributed by atoms with E-state index in [9.17, 15) is 19.2 Å². The number of benzene rings is 2. The van der Waals surface area contributed by atoms with Crippen molar-refractivity contribution in [3.8, 4) is 11.1 Å². The molecule has 34 heavy (non-hydrogen) atoms. The van der Waals surface area contributed by atoms with Crippen LogP contribution in [0.5, 0.6) is 0 Å². The summed E-state index contributed by atoms with van der Waals surface area (Å²) in [7, 11) is 0. The van der Waals surface area contributed by atoms with Crippen LogP contribution in [0.25, 0.3) is 11.1 Å². The van der Waals surface area contributed by atoms with Gasteiger partial charge in [-0.1, -0.05) is 48.5 Å². The maximum atomic E-state index is 12.7. The van der Waals surface area contributed by atoms with Crippen molar-refractivity contribution >= 4 is 23.9 Å². The van der Waals surface area contributed by atoms with Crippen LogP contribution in [0, 0.1) is 0 Å². The lowest BCUT2D eigenvalue weighted by Crippen LogP contribution is -2.59. The highest BCUT2D eigenvalue weighted by molar-refractivity contribution is 5.91. The van der Waals surface area contributed by atoms with E-state index in [4.69, 9.17) is 9.84 Å². The Hall–Kier alpha value is -3.88. The van der Waals surface area contributed by atoms with Gasteiger partial charge in [0, 0.05) is 19.0 Å². The maximum Gasteiger partial charge on any atom is 0.407 e. The van der Waals surface area contributed by atoms with Crippen LogP contribution in [-0.4, -0.2) is 77.1 Å². The first kappa shape index (κ1) is 23.3. The number of aliphatic carboxylic acids is 1. The molecule has 178 valence electrons. The first-order valence-electron chi connectivity index (χ1n) is 11.2. The van der Waals surface area contributed by atoms with Gasteiger partial charge in [0.1, 0.15) is 18.7 Å². The third kappa shape index (κ3) is 4.46. The molecule has 9 nitrogen and oxygen atoms in total. The minimum absolute atomic E-state index is 0.0916. The third-order valence-electron chi connectivity index (χ3n) is 6.44. The van der Waals surface area contributed by atoms with Crippen molar-refractivity contribution < 1.29 is 29.0 Å². The summed E-state index contributed by atoms with van der Waals surface area (Å²) in [6, 6.07) is 14.2. The monoisotopic (exact) mass is 465 g/mol. The first-order valence-corrected chi connectivity index (χ1v) is 11.2. The number of amides is 3. The minimum atomic E-state index is -1.10. The quantitative estimate of drug-likeness (QED) is 0.675. The number of carbonyl (C=O) groups is 4. The molecule has 0 saturated carbocycles. The van der Waals surface area contributed by atoms with E-state index in [-0.39, 0.29) is 32.2 Å². The summed E-state index contributed by atoms with van der Waals surface area (Å²) in [6.07, 6.45) is -0.716. The molecule has 2 N–H and O–H groups in total. The summed E-state index contributed by atoms with van der Waals surface area (Å²) in [6.45, 7) is 3.17. The van der Waals surface area contributed by atoms with Crippen molar-refractivity contribution in [1.29, 1.82) is 0 Å². The number of hydrogen-bond acceptors (Lipinski definition) is 5. The first-order chi connectivity index (χ1) is 16.3. The van der Waals surface area contributed by atoms with Gasteiger partial charge < -0.3 is 25.0 Å². The van der Waals surface area contributed by atoms with Crippen LogP contribution in [0.4, 0.5) is 4.79 Å². The van der Waals surface area contributed by atoms with Crippen LogP contribution in [0.3, 0.4) is 0 Å². The molecule has 1 fully saturated rings. The molecule has 4 rings (SSSR count). The van der Waals surface area contributed by atoms with E-state index in [1.54, 1.807) is 0 Å². The molecule has 1 saturated heterocycles. The zero-order valence-electron chi connectivity index (χ0n) is 19.1. The molecule has 1 heterocycles. The van der Waals surface area contributed by atoms with Crippen LogP contribution >= 0.6 is 0 Å². The summed E-state index contributed by atoms with van der Waals surface area (Å²) in [5.41, 5.74) is 4.42. The van der Waals surface area contributed by atoms with Crippen molar-refractivity contribution in [3.63, 3.8) is 0 Å². The molecule has 2 aromatic rings. The predicted molar refractivity (Wildman–Crippen MR) is 123 cm³/mol. The van der Waals surface area contributed by atoms with Gasteiger partial charge in [-0.25, -0.2) is 9.59 Å². The fraction of sp³-hybridized carbons (Fsp3) is 0.360. The van der Waals surface area contributed by atoms with E-state index >= 15 is 0 Å². The van der Waals surface area contributed by atoms with Gasteiger partial charge in [0.2, 0.25) is 11.8 Å². The average Bonchev–Trinajstić information content (AvgIpc) is 3.15. The Morgan fingerprint density at radius 1 is 1.03 bits per heavy atom. The lowest BCUT2D eigenvalue weighted by molar-refractivity contribution is -0.155. The van der Waals surface area contributed by atoms with Gasteiger partial charge in [-0.05, 0) is 36.1 Å². The highest BCUT2D eigenvalue weighted by Crippen LogP contribution is 2.44. The number of hydrogen-bond donors (Lipinski definition) is 2. The molecule has 0 spiro atoms. The Balaban J connectivity index is 1.32. The maximum absolute atomic E-state index is 12.7. The average molecular weight is 466 g/mol. The lowest BCUT2D eigenvalue weighted by atomic mass is 9.98. The Morgan fingerprint density at radius 3 is 2.18 bits per heavy atom. The Kier molecular flexibility index (Phi) is 6.54. The van der Waals surface area contributed by atoms with Crippen LogP contribution in [0.15, 0.2) is 48.5 Å². The molecule has 9 heteroatoms. The van der Waals surface area contributed by atoms with E-state index in [0.29, 0.717) is 0 Å². The van der Waals surface area contributed by atoms with Gasteiger partial charge in [-0.2, -0.15) is 0 Å². The molecule has 3 amide bonds. The molecule has 0 radical (unpaired) electrons. The molecule has 0 bridgehead atoms. The number of piperazine rings is 1. The van der Waals surface area contributed by atoms with E-state index in [1.165, 1.54) is 23.6 Å². The number of nitrogens with one attached hydrogen (secondary N) is 1. The molecule has 1 aliphatic heterocycles. The summed E-state index contributed by atoms with van der Waals surface area (Å²) in [5.74, 6) is -2.06. The number of nitrogens with zero attached hydrogens (tertiary/aromatic N) is 2. The highest BCUT2D eigenvalue weighted by atomic mass is 16.5. The summed E-state index contributed by atoms with van der Waals surface area (Å²) in [5, 5.41) is 11.7. The second-order valence-corrected chi connectivity index (χ2v) is 8.55. The molecular weight excluding hydrogens is 438 g/mol. The van der Waals surface area contributed by atoms with E-state index < -0.39 is 36.0 Å². The Morgan fingerprint density at radius 2 is 1.62 bits per heavy atom. The summed E-state index contributed by atoms with van der Waals surface area (Å²) < 4.78 is 5.48. The van der Waals surface area contributed by atoms with Gasteiger partial charge in [0.25, 0.3) is 0 Å². The normalized spacial score (nSPS) is 16.9. The topological polar surface area (TPSA) is 116 Å². The van der Waals surface area contributed by atoms with Crippen molar-refractivity contribution in [1.82, 2.24) is 15.1 Å². The molecule has 2 aliphatic rings. The number of rotatable bonds is 6. The number of carbonyl (C=O) groups excluding carboxylic acids is 3. The minimum Gasteiger partial charge on any atom is -0.480 e. The van der Waals surface area contributed by atoms with Crippen LogP contribution < -0.4 is 5.32 Å². The summed E-state index contributed by atoms with van der Waals surface area (Å²) in [4.78, 5) is 51.2. The standard InChI is InChI=1S/C25H27N3O6/c1-15(23(30)27-11-12-28(22(29)13-27)16(2)24(31)32)26-25(33)34-14-21-19-9-5-3-7-17(19)18-8-4-6-10-20(18)21/h3-10,15-16,21H,11-14H2,1-2H3,(H,26,33)(H,31,32). The number of carboxylic acid groups (broad SMARTS) is 1. The van der Waals surface area contributed by atoms with Crippen LogP contribution in [0.1, 0.15) is 30.9 Å². The van der Waals surface area contributed by atoms with Gasteiger partial charge in [-0.15, -0.1) is 0 Å². The molecule has 1 aliphatic carbocycles. The molecular formula is C25H27N3O6. The lowest BCUT2D eigenvalue weighted by Gasteiger charge is -2.37. The van der Waals surface area contributed by atoms with Gasteiger partial charge in [0.05, 0.1) is 6.54 Å². The van der Waals surface area contributed by atoms with Crippen molar-refractivity contribution in [2.75, 3.05) is 26.2 Å². The zero-order chi connectivity index (χ0) is 24.4. The van der Waals surface area contributed by atoms with Crippen molar-refractivity contribution in [3.05, 3.63) is 59.7 Å². The smallest absolute Gasteiger partial charge is 0.407 e. The molecule has 2 atom stereocenters. The fourth-order valence-corrected chi connectivity index (χ4v) is 4.57. The zero-order valence-corrected chi connectivity index (χ0v) is 19.1. The third-order valence-corrected chi connectivity index (χ3v) is 6.44. The molecule has 0 aromatic heterocycles. The highest BCUT2D eigenvalue weighted by Gasteiger charge is 2.35. The largest absolute Gasteiger partial charge is 0.480 e. The second kappa shape index (κ2) is 9.54. The fourth-order valence-electron chi connectivity index (χ4n) is 4.57. The van der Waals surface area contributed by atoms with E-state index in [0.717, 1.165) is 22.3 Å². The van der Waals surface area contributed by atoms with E-state index in [1.807, 2.05) is 48.5 Å². The molecule has 2 unspecified atom stereocenters. The molecule has 2 aromatic carbocycles. The van der Waals surface area contributed by atoms with Gasteiger partial charge in [0.15, 0.2) is 0 Å². The number of fused-ring (bicyclic) bond motifs is 3. The number of carboxylic acids is 1.